The summed E-state index contributed by atoms with van der Waals surface area (Å²) in [6.07, 6.45) is 1.70. The van der Waals surface area contributed by atoms with Crippen molar-refractivity contribution in [2.45, 2.75) is 6.92 Å². The fraction of sp³-hybridized carbons (Fsp3) is 0.273. The standard InChI is InChI=1S/C22H22ClN3O2S/c1-16-6-8-18(9-7-16)25-12-10-24(11-13-25)15-26-21(27)20(29-22(26)28)14-17-4-2-3-5-19(17)23/h2-9,14H,10-13,15H2,1H3. The van der Waals surface area contributed by atoms with Crippen LogP contribution in [0.25, 0.3) is 6.08 Å². The van der Waals surface area contributed by atoms with Crippen LogP contribution in [0.3, 0.4) is 0 Å². The molecule has 2 fully saturated rings. The second-order valence-electron chi connectivity index (χ2n) is 7.21. The molecule has 2 saturated heterocycles. The van der Waals surface area contributed by atoms with Gasteiger partial charge in [0, 0.05) is 36.9 Å². The molecule has 0 saturated carbocycles. The summed E-state index contributed by atoms with van der Waals surface area (Å²) in [4.78, 5) is 31.4. The number of benzene rings is 2. The zero-order valence-electron chi connectivity index (χ0n) is 16.2. The van der Waals surface area contributed by atoms with Crippen LogP contribution in [0.1, 0.15) is 11.1 Å². The van der Waals surface area contributed by atoms with Gasteiger partial charge in [-0.1, -0.05) is 47.5 Å². The molecule has 2 heterocycles. The fourth-order valence-electron chi connectivity index (χ4n) is 3.46. The summed E-state index contributed by atoms with van der Waals surface area (Å²) in [6, 6.07) is 15.8. The summed E-state index contributed by atoms with van der Waals surface area (Å²) >= 11 is 7.15. The lowest BCUT2D eigenvalue weighted by atomic mass is 10.2. The zero-order chi connectivity index (χ0) is 20.4. The second kappa shape index (κ2) is 8.61. The smallest absolute Gasteiger partial charge is 0.294 e. The number of nitrogens with zero attached hydrogens (tertiary/aromatic N) is 3. The molecule has 2 aromatic carbocycles. The van der Waals surface area contributed by atoms with Gasteiger partial charge in [-0.05, 0) is 48.5 Å². The maximum Gasteiger partial charge on any atom is 0.294 e. The topological polar surface area (TPSA) is 43.9 Å². The fourth-order valence-corrected chi connectivity index (χ4v) is 4.47. The Morgan fingerprint density at radius 1 is 1.00 bits per heavy atom. The van der Waals surface area contributed by atoms with Crippen LogP contribution in [-0.4, -0.2) is 53.8 Å². The van der Waals surface area contributed by atoms with Gasteiger partial charge in [0.05, 0.1) is 11.6 Å². The molecule has 29 heavy (non-hydrogen) atoms. The van der Waals surface area contributed by atoms with E-state index >= 15 is 0 Å². The van der Waals surface area contributed by atoms with Crippen LogP contribution in [-0.2, 0) is 4.79 Å². The third-order valence-electron chi connectivity index (χ3n) is 5.18. The van der Waals surface area contributed by atoms with Crippen molar-refractivity contribution in [3.8, 4) is 0 Å². The quantitative estimate of drug-likeness (QED) is 0.674. The summed E-state index contributed by atoms with van der Waals surface area (Å²) < 4.78 is 0. The maximum absolute atomic E-state index is 12.8. The van der Waals surface area contributed by atoms with E-state index in [-0.39, 0.29) is 11.1 Å². The predicted octanol–water partition coefficient (Wildman–Crippen LogP) is 4.46. The Bertz CT molecular complexity index is 953. The lowest BCUT2D eigenvalue weighted by Crippen LogP contribution is -2.50. The monoisotopic (exact) mass is 427 g/mol. The first-order valence-electron chi connectivity index (χ1n) is 9.55. The average Bonchev–Trinajstić information content (AvgIpc) is 2.98. The van der Waals surface area contributed by atoms with Gasteiger partial charge in [-0.3, -0.25) is 19.4 Å². The number of rotatable bonds is 4. The highest BCUT2D eigenvalue weighted by Gasteiger charge is 2.36. The number of carbonyl (C=O) groups excluding carboxylic acids is 2. The molecule has 0 aromatic heterocycles. The third-order valence-corrected chi connectivity index (χ3v) is 6.43. The van der Waals surface area contributed by atoms with Gasteiger partial charge in [-0.2, -0.15) is 0 Å². The number of imide groups is 1. The van der Waals surface area contributed by atoms with Crippen molar-refractivity contribution in [3.05, 3.63) is 69.6 Å². The maximum atomic E-state index is 12.8. The van der Waals surface area contributed by atoms with Gasteiger partial charge in [0.1, 0.15) is 0 Å². The van der Waals surface area contributed by atoms with Crippen LogP contribution in [0.5, 0.6) is 0 Å². The molecule has 2 aromatic rings. The van der Waals surface area contributed by atoms with Crippen LogP contribution in [0, 0.1) is 6.92 Å². The normalized spacial score (nSPS) is 19.4. The first-order valence-corrected chi connectivity index (χ1v) is 10.7. The molecular formula is C22H22ClN3O2S. The van der Waals surface area contributed by atoms with Crippen molar-refractivity contribution in [1.82, 2.24) is 9.80 Å². The molecule has 2 amide bonds. The lowest BCUT2D eigenvalue weighted by molar-refractivity contribution is -0.124. The SMILES string of the molecule is Cc1ccc(N2CCN(CN3C(=O)SC(=Cc4ccccc4Cl)C3=O)CC2)cc1. The molecule has 150 valence electrons. The number of anilines is 1. The molecule has 2 aliphatic rings. The largest absolute Gasteiger partial charge is 0.369 e. The number of halogens is 1. The second-order valence-corrected chi connectivity index (χ2v) is 8.61. The van der Waals surface area contributed by atoms with Gasteiger partial charge < -0.3 is 4.90 Å². The van der Waals surface area contributed by atoms with Crippen LogP contribution in [0.4, 0.5) is 10.5 Å². The van der Waals surface area contributed by atoms with Crippen molar-refractivity contribution >= 4 is 46.3 Å². The Kier molecular flexibility index (Phi) is 5.94. The van der Waals surface area contributed by atoms with Crippen LogP contribution >= 0.6 is 23.4 Å². The molecular weight excluding hydrogens is 406 g/mol. The molecule has 0 aliphatic carbocycles. The number of piperazine rings is 1. The van der Waals surface area contributed by atoms with Crippen molar-refractivity contribution in [3.63, 3.8) is 0 Å². The Morgan fingerprint density at radius 3 is 2.38 bits per heavy atom. The van der Waals surface area contributed by atoms with Crippen LogP contribution in [0.15, 0.2) is 53.4 Å². The van der Waals surface area contributed by atoms with Gasteiger partial charge in [0.2, 0.25) is 0 Å². The molecule has 7 heteroatoms. The lowest BCUT2D eigenvalue weighted by Gasteiger charge is -2.37. The summed E-state index contributed by atoms with van der Waals surface area (Å²) in [5.41, 5.74) is 3.20. The summed E-state index contributed by atoms with van der Waals surface area (Å²) in [5, 5.41) is 0.334. The minimum absolute atomic E-state index is 0.228. The van der Waals surface area contributed by atoms with E-state index in [1.807, 2.05) is 18.2 Å². The van der Waals surface area contributed by atoms with Crippen molar-refractivity contribution < 1.29 is 9.59 Å². The van der Waals surface area contributed by atoms with E-state index in [2.05, 4.69) is 41.0 Å². The van der Waals surface area contributed by atoms with Gasteiger partial charge in [0.25, 0.3) is 11.1 Å². The summed E-state index contributed by atoms with van der Waals surface area (Å²) in [6.45, 7) is 5.76. The molecule has 0 N–H and O–H groups in total. The zero-order valence-corrected chi connectivity index (χ0v) is 17.7. The van der Waals surface area contributed by atoms with E-state index in [0.717, 1.165) is 43.5 Å². The Morgan fingerprint density at radius 2 is 1.69 bits per heavy atom. The van der Waals surface area contributed by atoms with E-state index in [0.29, 0.717) is 16.6 Å². The highest BCUT2D eigenvalue weighted by atomic mass is 35.5. The molecule has 0 spiro atoms. The number of hydrogen-bond donors (Lipinski definition) is 0. The van der Waals surface area contributed by atoms with Crippen LogP contribution < -0.4 is 4.90 Å². The first kappa shape index (κ1) is 20.0. The van der Waals surface area contributed by atoms with E-state index in [4.69, 9.17) is 11.6 Å². The van der Waals surface area contributed by atoms with E-state index in [1.54, 1.807) is 12.1 Å². The van der Waals surface area contributed by atoms with Crippen LogP contribution in [0.2, 0.25) is 5.02 Å². The van der Waals surface area contributed by atoms with Gasteiger partial charge >= 0.3 is 0 Å². The Hall–Kier alpha value is -2.28. The number of carbonyl (C=O) groups is 2. The molecule has 0 radical (unpaired) electrons. The first-order chi connectivity index (χ1) is 14.0. The summed E-state index contributed by atoms with van der Waals surface area (Å²) in [7, 11) is 0. The van der Waals surface area contributed by atoms with Gasteiger partial charge in [-0.25, -0.2) is 0 Å². The third kappa shape index (κ3) is 4.50. The van der Waals surface area contributed by atoms with Crippen molar-refractivity contribution in [1.29, 1.82) is 0 Å². The molecule has 0 unspecified atom stereocenters. The molecule has 5 nitrogen and oxygen atoms in total. The molecule has 2 aliphatic heterocycles. The van der Waals surface area contributed by atoms with E-state index < -0.39 is 0 Å². The van der Waals surface area contributed by atoms with Gasteiger partial charge in [0.15, 0.2) is 0 Å². The molecule has 0 bridgehead atoms. The average molecular weight is 428 g/mol. The highest BCUT2D eigenvalue weighted by Crippen LogP contribution is 2.33. The number of amides is 2. The number of hydrogen-bond acceptors (Lipinski definition) is 5. The molecule has 4 rings (SSSR count). The number of thioether (sulfide) groups is 1. The highest BCUT2D eigenvalue weighted by molar-refractivity contribution is 8.18. The number of aryl methyl sites for hydroxylation is 1. The van der Waals surface area contributed by atoms with Crippen molar-refractivity contribution in [2.75, 3.05) is 37.7 Å². The predicted molar refractivity (Wildman–Crippen MR) is 119 cm³/mol. The molecule has 0 atom stereocenters. The minimum atomic E-state index is -0.249. The van der Waals surface area contributed by atoms with Crippen molar-refractivity contribution in [2.24, 2.45) is 0 Å². The Labute approximate surface area is 179 Å². The minimum Gasteiger partial charge on any atom is -0.369 e. The van der Waals surface area contributed by atoms with E-state index in [1.165, 1.54) is 16.2 Å². The Balaban J connectivity index is 1.38. The van der Waals surface area contributed by atoms with Gasteiger partial charge in [-0.15, -0.1) is 0 Å². The summed E-state index contributed by atoms with van der Waals surface area (Å²) in [5.74, 6) is -0.249. The van der Waals surface area contributed by atoms with E-state index in [9.17, 15) is 9.59 Å².